The Hall–Kier alpha value is -0.810. The normalized spacial score (nSPS) is 19.5. The summed E-state index contributed by atoms with van der Waals surface area (Å²) >= 11 is 1.76. The van der Waals surface area contributed by atoms with Crippen LogP contribution in [0, 0.1) is 0 Å². The molecule has 0 spiro atoms. The Bertz CT molecular complexity index is 417. The van der Waals surface area contributed by atoms with Gasteiger partial charge in [-0.3, -0.25) is 0 Å². The van der Waals surface area contributed by atoms with Gasteiger partial charge in [0.25, 0.3) is 0 Å². The molecule has 1 unspecified atom stereocenters. The molecule has 1 atom stereocenters. The van der Waals surface area contributed by atoms with E-state index in [0.29, 0.717) is 6.04 Å². The molecule has 0 saturated heterocycles. The Labute approximate surface area is 119 Å². The molecule has 1 N–H and O–H groups in total. The van der Waals surface area contributed by atoms with Gasteiger partial charge >= 0.3 is 0 Å². The summed E-state index contributed by atoms with van der Waals surface area (Å²) < 4.78 is 4.94. The van der Waals surface area contributed by atoms with E-state index in [4.69, 9.17) is 4.63 Å². The number of nitrogens with zero attached hydrogens (tertiary/aromatic N) is 2. The molecular formula is C14H23N3OS. The Balaban J connectivity index is 1.92. The molecule has 1 aromatic heterocycles. The summed E-state index contributed by atoms with van der Waals surface area (Å²) in [7, 11) is 0. The van der Waals surface area contributed by atoms with Crippen molar-refractivity contribution in [2.24, 2.45) is 0 Å². The van der Waals surface area contributed by atoms with Gasteiger partial charge in [0.15, 0.2) is 5.03 Å². The molecule has 19 heavy (non-hydrogen) atoms. The standard InChI is InChI=1S/C14H23N3OS/c1-3-4-5-6-10-19-14-13(16-18-17-14)12-8-7-9-15-11(12)2/h8,11,15H,3-7,9-10H2,1-2H3. The van der Waals surface area contributed by atoms with Crippen LogP contribution in [0.5, 0.6) is 0 Å². The van der Waals surface area contributed by atoms with Crippen molar-refractivity contribution in [1.29, 1.82) is 0 Å². The van der Waals surface area contributed by atoms with E-state index in [-0.39, 0.29) is 0 Å². The van der Waals surface area contributed by atoms with Crippen molar-refractivity contribution in [2.45, 2.75) is 57.0 Å². The first-order valence-corrected chi connectivity index (χ1v) is 8.20. The van der Waals surface area contributed by atoms with Crippen molar-refractivity contribution < 1.29 is 4.63 Å². The van der Waals surface area contributed by atoms with E-state index in [0.717, 1.165) is 29.4 Å². The molecule has 2 heterocycles. The maximum Gasteiger partial charge on any atom is 0.168 e. The molecule has 0 saturated carbocycles. The molecule has 106 valence electrons. The van der Waals surface area contributed by atoms with E-state index in [1.165, 1.54) is 31.3 Å². The molecule has 0 amide bonds. The van der Waals surface area contributed by atoms with Gasteiger partial charge in [-0.2, -0.15) is 0 Å². The Morgan fingerprint density at radius 3 is 3.05 bits per heavy atom. The number of hydrogen-bond donors (Lipinski definition) is 1. The molecule has 0 fully saturated rings. The monoisotopic (exact) mass is 281 g/mol. The van der Waals surface area contributed by atoms with Crippen molar-refractivity contribution in [1.82, 2.24) is 15.6 Å². The van der Waals surface area contributed by atoms with Gasteiger partial charge in [0.1, 0.15) is 5.69 Å². The molecule has 0 aliphatic carbocycles. The molecule has 1 aromatic rings. The fraction of sp³-hybridized carbons (Fsp3) is 0.714. The molecule has 1 aliphatic heterocycles. The van der Waals surface area contributed by atoms with Crippen LogP contribution in [0.25, 0.3) is 5.57 Å². The van der Waals surface area contributed by atoms with Gasteiger partial charge in [-0.15, -0.1) is 11.8 Å². The topological polar surface area (TPSA) is 51.0 Å². The van der Waals surface area contributed by atoms with Crippen LogP contribution in [-0.4, -0.2) is 28.7 Å². The van der Waals surface area contributed by atoms with E-state index in [1.54, 1.807) is 11.8 Å². The van der Waals surface area contributed by atoms with Crippen LogP contribution < -0.4 is 5.32 Å². The summed E-state index contributed by atoms with van der Waals surface area (Å²) in [6.45, 7) is 5.43. The van der Waals surface area contributed by atoms with Crippen molar-refractivity contribution in [3.05, 3.63) is 11.8 Å². The zero-order valence-corrected chi connectivity index (χ0v) is 12.6. The zero-order chi connectivity index (χ0) is 13.5. The van der Waals surface area contributed by atoms with E-state index < -0.39 is 0 Å². The summed E-state index contributed by atoms with van der Waals surface area (Å²) in [5.74, 6) is 1.09. The number of nitrogens with one attached hydrogen (secondary N) is 1. The van der Waals surface area contributed by atoms with Crippen molar-refractivity contribution in [3.63, 3.8) is 0 Å². The van der Waals surface area contributed by atoms with E-state index in [1.807, 2.05) is 0 Å². The van der Waals surface area contributed by atoms with Crippen LogP contribution in [0.3, 0.4) is 0 Å². The second-order valence-electron chi connectivity index (χ2n) is 4.95. The van der Waals surface area contributed by atoms with Gasteiger partial charge in [-0.1, -0.05) is 32.3 Å². The fourth-order valence-electron chi connectivity index (χ4n) is 2.27. The first kappa shape index (κ1) is 14.6. The average molecular weight is 281 g/mol. The van der Waals surface area contributed by atoms with E-state index in [9.17, 15) is 0 Å². The lowest BCUT2D eigenvalue weighted by Crippen LogP contribution is -2.31. The molecule has 5 heteroatoms. The van der Waals surface area contributed by atoms with Gasteiger partial charge in [0, 0.05) is 6.04 Å². The predicted molar refractivity (Wildman–Crippen MR) is 79.2 cm³/mol. The minimum Gasteiger partial charge on any atom is -0.310 e. The highest BCUT2D eigenvalue weighted by atomic mass is 32.2. The second kappa shape index (κ2) is 7.70. The summed E-state index contributed by atoms with van der Waals surface area (Å²) in [5.41, 5.74) is 2.16. The van der Waals surface area contributed by atoms with Gasteiger partial charge in [-0.05, 0) is 47.9 Å². The smallest absolute Gasteiger partial charge is 0.168 e. The van der Waals surface area contributed by atoms with Crippen molar-refractivity contribution in [2.75, 3.05) is 12.3 Å². The lowest BCUT2D eigenvalue weighted by molar-refractivity contribution is 0.297. The van der Waals surface area contributed by atoms with Crippen LogP contribution in [0.15, 0.2) is 15.7 Å². The molecular weight excluding hydrogens is 258 g/mol. The summed E-state index contributed by atoms with van der Waals surface area (Å²) in [5, 5.41) is 12.5. The Morgan fingerprint density at radius 1 is 1.37 bits per heavy atom. The van der Waals surface area contributed by atoms with E-state index >= 15 is 0 Å². The lowest BCUT2D eigenvalue weighted by Gasteiger charge is -2.20. The van der Waals surface area contributed by atoms with Crippen molar-refractivity contribution in [3.8, 4) is 0 Å². The Morgan fingerprint density at radius 2 is 2.26 bits per heavy atom. The van der Waals surface area contributed by atoms with Gasteiger partial charge in [0.05, 0.1) is 0 Å². The van der Waals surface area contributed by atoms with Crippen LogP contribution in [0.1, 0.15) is 51.6 Å². The molecule has 1 aliphatic rings. The number of aromatic nitrogens is 2. The average Bonchev–Trinajstić information content (AvgIpc) is 2.87. The van der Waals surface area contributed by atoms with E-state index in [2.05, 4.69) is 35.6 Å². The number of hydrogen-bond acceptors (Lipinski definition) is 5. The molecule has 0 bridgehead atoms. The highest BCUT2D eigenvalue weighted by molar-refractivity contribution is 7.99. The van der Waals surface area contributed by atoms with Gasteiger partial charge < -0.3 is 5.32 Å². The zero-order valence-electron chi connectivity index (χ0n) is 11.8. The van der Waals surface area contributed by atoms with Crippen LogP contribution in [-0.2, 0) is 0 Å². The first-order chi connectivity index (χ1) is 9.33. The summed E-state index contributed by atoms with van der Waals surface area (Å²) in [4.78, 5) is 0. The van der Waals surface area contributed by atoms with Crippen LogP contribution in [0.2, 0.25) is 0 Å². The minimum atomic E-state index is 0.333. The number of thioether (sulfide) groups is 1. The third kappa shape index (κ3) is 4.08. The molecule has 0 radical (unpaired) electrons. The Kier molecular flexibility index (Phi) is 5.92. The number of rotatable bonds is 7. The maximum atomic E-state index is 4.94. The van der Waals surface area contributed by atoms with Crippen LogP contribution >= 0.6 is 11.8 Å². The molecule has 2 rings (SSSR count). The maximum absolute atomic E-state index is 4.94. The first-order valence-electron chi connectivity index (χ1n) is 7.22. The van der Waals surface area contributed by atoms with Gasteiger partial charge in [-0.25, -0.2) is 4.63 Å². The summed E-state index contributed by atoms with van der Waals surface area (Å²) in [6, 6.07) is 0.333. The molecule has 4 nitrogen and oxygen atoms in total. The van der Waals surface area contributed by atoms with Crippen molar-refractivity contribution >= 4 is 17.3 Å². The lowest BCUT2D eigenvalue weighted by atomic mass is 10.0. The molecule has 0 aromatic carbocycles. The largest absolute Gasteiger partial charge is 0.310 e. The predicted octanol–water partition coefficient (Wildman–Crippen LogP) is 3.51. The third-order valence-electron chi connectivity index (χ3n) is 3.39. The van der Waals surface area contributed by atoms with Crippen LogP contribution in [0.4, 0.5) is 0 Å². The SMILES string of the molecule is CCCCCCSc1nonc1C1=CCCNC1C. The quantitative estimate of drug-likeness (QED) is 0.612. The summed E-state index contributed by atoms with van der Waals surface area (Å²) in [6.07, 6.45) is 8.42. The fourth-order valence-corrected chi connectivity index (χ4v) is 3.18. The minimum absolute atomic E-state index is 0.333. The highest BCUT2D eigenvalue weighted by Gasteiger charge is 2.21. The highest BCUT2D eigenvalue weighted by Crippen LogP contribution is 2.29. The third-order valence-corrected chi connectivity index (χ3v) is 4.43. The number of unbranched alkanes of at least 4 members (excludes halogenated alkanes) is 3. The second-order valence-corrected chi connectivity index (χ2v) is 6.03. The van der Waals surface area contributed by atoms with Gasteiger partial charge in [0.2, 0.25) is 0 Å².